The van der Waals surface area contributed by atoms with Crippen molar-refractivity contribution in [1.82, 2.24) is 6.15 Å². The van der Waals surface area contributed by atoms with Crippen molar-refractivity contribution in [2.45, 2.75) is 12.5 Å². The fraction of sp³-hybridized carbons (Fsp3) is 0.500. The van der Waals surface area contributed by atoms with E-state index in [1.165, 1.54) is 0 Å². The van der Waals surface area contributed by atoms with E-state index in [2.05, 4.69) is 0 Å². The first-order valence-corrected chi connectivity index (χ1v) is 2.16. The summed E-state index contributed by atoms with van der Waals surface area (Å²) in [5.41, 5.74) is 0. The third kappa shape index (κ3) is 9.21. The summed E-state index contributed by atoms with van der Waals surface area (Å²) in [4.78, 5) is 19.4. The second-order valence-corrected chi connectivity index (χ2v) is 1.45. The number of carboxylic acid groups (broad SMARTS) is 2. The average molecular weight is 185 g/mol. The predicted molar refractivity (Wildman–Crippen MR) is 41.3 cm³/mol. The summed E-state index contributed by atoms with van der Waals surface area (Å²) in [5.74, 6) is -2.85. The Morgan fingerprint density at radius 2 is 1.64 bits per heavy atom. The highest BCUT2D eigenvalue weighted by atomic mass is 32.1. The largest absolute Gasteiger partial charge is 0.481 e. The molecule has 1 unspecified atom stereocenters. The van der Waals surface area contributed by atoms with Crippen LogP contribution in [0.25, 0.3) is 0 Å². The third-order valence-corrected chi connectivity index (χ3v) is 0.653. The van der Waals surface area contributed by atoms with Crippen LogP contribution in [0.5, 0.6) is 0 Å². The Kier molecular flexibility index (Phi) is 11.1. The van der Waals surface area contributed by atoms with Gasteiger partial charge in [-0.25, -0.2) is 4.79 Å². The highest BCUT2D eigenvalue weighted by Crippen LogP contribution is 1.89. The molecule has 11 heavy (non-hydrogen) atoms. The zero-order valence-corrected chi connectivity index (χ0v) is 6.65. The van der Waals surface area contributed by atoms with Gasteiger partial charge in [0.25, 0.3) is 0 Å². The van der Waals surface area contributed by atoms with Gasteiger partial charge in [-0.05, 0) is 0 Å². The molecule has 0 saturated heterocycles. The third-order valence-electron chi connectivity index (χ3n) is 0.653. The van der Waals surface area contributed by atoms with E-state index in [-0.39, 0.29) is 19.6 Å². The van der Waals surface area contributed by atoms with E-state index in [0.29, 0.717) is 0 Å². The predicted octanol–water partition coefficient (Wildman–Crippen LogP) is -0.819. The first-order valence-electron chi connectivity index (χ1n) is 2.16. The van der Waals surface area contributed by atoms with Crippen molar-refractivity contribution in [2.24, 2.45) is 0 Å². The summed E-state index contributed by atoms with van der Waals surface area (Å²) in [6.07, 6.45) is -2.54. The van der Waals surface area contributed by atoms with Crippen LogP contribution in [0, 0.1) is 0 Å². The molecular weight excluding hydrogens is 174 g/mol. The van der Waals surface area contributed by atoms with Gasteiger partial charge in [-0.3, -0.25) is 4.79 Å². The molecule has 68 valence electrons. The van der Waals surface area contributed by atoms with Crippen molar-refractivity contribution in [3.8, 4) is 0 Å². The van der Waals surface area contributed by atoms with Gasteiger partial charge in [0.1, 0.15) is 0 Å². The minimum absolute atomic E-state index is 0. The summed E-state index contributed by atoms with van der Waals surface area (Å²) < 4.78 is 0. The second kappa shape index (κ2) is 7.32. The zero-order chi connectivity index (χ0) is 7.44. The first kappa shape index (κ1) is 16.7. The van der Waals surface area contributed by atoms with Gasteiger partial charge < -0.3 is 21.5 Å². The highest BCUT2D eigenvalue weighted by molar-refractivity contribution is 7.59. The fourth-order valence-electron chi connectivity index (χ4n) is 0.253. The Hall–Kier alpha value is -0.790. The minimum Gasteiger partial charge on any atom is -0.481 e. The maximum atomic E-state index is 9.72. The Labute approximate surface area is 69.9 Å². The molecule has 0 aromatic carbocycles. The van der Waals surface area contributed by atoms with Crippen LogP contribution in [0.15, 0.2) is 0 Å². The Morgan fingerprint density at radius 3 is 1.73 bits per heavy atom. The Balaban J connectivity index is -0.000000320. The Bertz CT molecular complexity index is 138. The van der Waals surface area contributed by atoms with Crippen molar-refractivity contribution in [1.29, 1.82) is 0 Å². The van der Waals surface area contributed by atoms with Crippen LogP contribution < -0.4 is 6.15 Å². The van der Waals surface area contributed by atoms with Crippen LogP contribution in [-0.2, 0) is 9.59 Å². The number of carbonyl (C=O) groups is 2. The van der Waals surface area contributed by atoms with Crippen molar-refractivity contribution >= 4 is 25.4 Å². The number of rotatable bonds is 3. The lowest BCUT2D eigenvalue weighted by molar-refractivity contribution is -0.152. The van der Waals surface area contributed by atoms with Gasteiger partial charge in [0.15, 0.2) is 6.10 Å². The minimum atomic E-state index is -1.79. The van der Waals surface area contributed by atoms with Gasteiger partial charge >= 0.3 is 11.9 Å². The molecule has 0 aliphatic rings. The quantitative estimate of drug-likeness (QED) is 0.454. The molecule has 0 aromatic rings. The number of aliphatic carboxylic acids is 2. The smallest absolute Gasteiger partial charge is 0.333 e. The van der Waals surface area contributed by atoms with Crippen LogP contribution >= 0.6 is 13.5 Å². The van der Waals surface area contributed by atoms with Gasteiger partial charge in [-0.1, -0.05) is 0 Å². The van der Waals surface area contributed by atoms with Crippen molar-refractivity contribution < 1.29 is 24.9 Å². The highest BCUT2D eigenvalue weighted by Gasteiger charge is 2.16. The van der Waals surface area contributed by atoms with E-state index in [1.54, 1.807) is 0 Å². The normalized spacial score (nSPS) is 10.3. The molecule has 1 atom stereocenters. The van der Waals surface area contributed by atoms with Crippen LogP contribution in [0.2, 0.25) is 0 Å². The summed E-state index contributed by atoms with van der Waals surface area (Å²) in [6, 6.07) is 0. The molecular formula is C4H11NO5S. The van der Waals surface area contributed by atoms with Crippen molar-refractivity contribution in [2.75, 3.05) is 0 Å². The van der Waals surface area contributed by atoms with Crippen LogP contribution in [0.3, 0.4) is 0 Å². The SMILES string of the molecule is N.O=C(O)CC(O)C(=O)O.S. The molecule has 0 heterocycles. The second-order valence-electron chi connectivity index (χ2n) is 1.45. The molecule has 6 nitrogen and oxygen atoms in total. The molecule has 0 amide bonds. The first-order chi connectivity index (χ1) is 4.04. The van der Waals surface area contributed by atoms with E-state index < -0.39 is 24.5 Å². The Morgan fingerprint density at radius 1 is 1.27 bits per heavy atom. The summed E-state index contributed by atoms with van der Waals surface area (Å²) in [7, 11) is 0. The summed E-state index contributed by atoms with van der Waals surface area (Å²) in [6.45, 7) is 0. The fourth-order valence-corrected chi connectivity index (χ4v) is 0.253. The monoisotopic (exact) mass is 185 g/mol. The lowest BCUT2D eigenvalue weighted by Gasteiger charge is -1.97. The summed E-state index contributed by atoms with van der Waals surface area (Å²) >= 11 is 0. The molecule has 0 aromatic heterocycles. The van der Waals surface area contributed by atoms with E-state index in [9.17, 15) is 9.59 Å². The maximum Gasteiger partial charge on any atom is 0.333 e. The number of carboxylic acids is 2. The lowest BCUT2D eigenvalue weighted by atomic mass is 10.3. The number of aliphatic hydroxyl groups is 1. The van der Waals surface area contributed by atoms with Crippen molar-refractivity contribution in [3.63, 3.8) is 0 Å². The molecule has 0 saturated carbocycles. The van der Waals surface area contributed by atoms with Crippen LogP contribution in [0.4, 0.5) is 0 Å². The van der Waals surface area contributed by atoms with Crippen molar-refractivity contribution in [3.05, 3.63) is 0 Å². The van der Waals surface area contributed by atoms with Gasteiger partial charge in [0.05, 0.1) is 6.42 Å². The molecule has 0 aliphatic heterocycles. The number of hydrogen-bond acceptors (Lipinski definition) is 4. The lowest BCUT2D eigenvalue weighted by Crippen LogP contribution is -2.22. The van der Waals surface area contributed by atoms with E-state index in [0.717, 1.165) is 0 Å². The van der Waals surface area contributed by atoms with Gasteiger partial charge in [0.2, 0.25) is 0 Å². The molecule has 0 spiro atoms. The topological polar surface area (TPSA) is 130 Å². The average Bonchev–Trinajstić information content (AvgIpc) is 1.63. The molecule has 0 radical (unpaired) electrons. The van der Waals surface area contributed by atoms with Gasteiger partial charge in [-0.2, -0.15) is 13.5 Å². The zero-order valence-electron chi connectivity index (χ0n) is 5.65. The van der Waals surface area contributed by atoms with Gasteiger partial charge in [-0.15, -0.1) is 0 Å². The summed E-state index contributed by atoms with van der Waals surface area (Å²) in [5, 5.41) is 24.1. The standard InChI is InChI=1S/C4H6O5.H3N.H2S/c5-2(4(8)9)1-3(6)7;;/h2,5H,1H2,(H,6,7)(H,8,9);1H3;1H2. The van der Waals surface area contributed by atoms with E-state index >= 15 is 0 Å². The van der Waals surface area contributed by atoms with Crippen LogP contribution in [0.1, 0.15) is 6.42 Å². The molecule has 0 bridgehead atoms. The van der Waals surface area contributed by atoms with Crippen LogP contribution in [-0.4, -0.2) is 33.4 Å². The molecule has 0 rings (SSSR count). The number of hydrogen-bond donors (Lipinski definition) is 4. The molecule has 0 aliphatic carbocycles. The number of aliphatic hydroxyl groups excluding tert-OH is 1. The van der Waals surface area contributed by atoms with Gasteiger partial charge in [0, 0.05) is 0 Å². The molecule has 6 N–H and O–H groups in total. The molecule has 7 heteroatoms. The molecule has 0 fully saturated rings. The van der Waals surface area contributed by atoms with E-state index in [4.69, 9.17) is 15.3 Å². The van der Waals surface area contributed by atoms with E-state index in [1.807, 2.05) is 0 Å². The maximum absolute atomic E-state index is 9.72.